The number of nitrogens with zero attached hydrogens (tertiary/aromatic N) is 2. The Morgan fingerprint density at radius 2 is 2.00 bits per heavy atom. The highest BCUT2D eigenvalue weighted by molar-refractivity contribution is 7.91. The third kappa shape index (κ3) is 3.90. The summed E-state index contributed by atoms with van der Waals surface area (Å²) in [5.41, 5.74) is 0.442. The summed E-state index contributed by atoms with van der Waals surface area (Å²) in [7, 11) is -3.35. The molecule has 1 saturated heterocycles. The number of Topliss-reactive ketones (excluding diaryl/α,β-unsaturated/α-hetero) is 1. The van der Waals surface area contributed by atoms with Gasteiger partial charge in [0.15, 0.2) is 9.84 Å². The molecule has 1 aliphatic rings. The fourth-order valence-electron chi connectivity index (χ4n) is 2.40. The van der Waals surface area contributed by atoms with Gasteiger partial charge in [0.05, 0.1) is 22.3 Å². The molecule has 1 heterocycles. The van der Waals surface area contributed by atoms with Crippen molar-refractivity contribution in [3.63, 3.8) is 0 Å². The summed E-state index contributed by atoms with van der Waals surface area (Å²) in [6, 6.07) is 7.92. The van der Waals surface area contributed by atoms with Gasteiger partial charge >= 0.3 is 0 Å². The van der Waals surface area contributed by atoms with Crippen molar-refractivity contribution in [3.8, 4) is 6.07 Å². The maximum atomic E-state index is 12.2. The SMILES string of the molecule is CC1CN(CCS(=O)(=O)c2ccc(C#N)cc2)CCC1=O. The molecular weight excluding hydrogens is 288 g/mol. The molecule has 1 aromatic rings. The highest BCUT2D eigenvalue weighted by Gasteiger charge is 2.24. The number of benzene rings is 1. The Morgan fingerprint density at radius 1 is 1.33 bits per heavy atom. The average molecular weight is 306 g/mol. The molecule has 1 fully saturated rings. The third-order valence-corrected chi connectivity index (χ3v) is 5.49. The predicted molar refractivity (Wildman–Crippen MR) is 78.4 cm³/mol. The topological polar surface area (TPSA) is 78.2 Å². The Bertz CT molecular complexity index is 659. The van der Waals surface area contributed by atoms with Crippen molar-refractivity contribution >= 4 is 15.6 Å². The monoisotopic (exact) mass is 306 g/mol. The normalized spacial score (nSPS) is 20.2. The fraction of sp³-hybridized carbons (Fsp3) is 0.467. The zero-order chi connectivity index (χ0) is 15.5. The predicted octanol–water partition coefficient (Wildman–Crippen LogP) is 1.24. The molecular formula is C15H18N2O3S. The van der Waals surface area contributed by atoms with Gasteiger partial charge in [0, 0.05) is 32.0 Å². The van der Waals surface area contributed by atoms with Crippen molar-refractivity contribution in [2.75, 3.05) is 25.4 Å². The van der Waals surface area contributed by atoms with Gasteiger partial charge in [0.25, 0.3) is 0 Å². The van der Waals surface area contributed by atoms with E-state index >= 15 is 0 Å². The number of ketones is 1. The number of sulfone groups is 1. The third-order valence-electron chi connectivity index (χ3n) is 3.77. The van der Waals surface area contributed by atoms with Crippen LogP contribution in [0.25, 0.3) is 0 Å². The van der Waals surface area contributed by atoms with E-state index in [1.807, 2.05) is 17.9 Å². The molecule has 2 rings (SSSR count). The minimum atomic E-state index is -3.35. The van der Waals surface area contributed by atoms with Gasteiger partial charge < -0.3 is 4.90 Å². The molecule has 112 valence electrons. The summed E-state index contributed by atoms with van der Waals surface area (Å²) >= 11 is 0. The number of hydrogen-bond donors (Lipinski definition) is 0. The van der Waals surface area contributed by atoms with E-state index in [0.717, 1.165) is 0 Å². The van der Waals surface area contributed by atoms with Crippen LogP contribution in [-0.4, -0.2) is 44.5 Å². The molecule has 6 heteroatoms. The van der Waals surface area contributed by atoms with Gasteiger partial charge in [0.2, 0.25) is 0 Å². The highest BCUT2D eigenvalue weighted by atomic mass is 32.2. The van der Waals surface area contributed by atoms with Crippen LogP contribution in [0.1, 0.15) is 18.9 Å². The van der Waals surface area contributed by atoms with E-state index < -0.39 is 9.84 Å². The lowest BCUT2D eigenvalue weighted by atomic mass is 9.99. The van der Waals surface area contributed by atoms with Crippen LogP contribution in [0.2, 0.25) is 0 Å². The molecule has 21 heavy (non-hydrogen) atoms. The molecule has 1 aliphatic heterocycles. The van der Waals surface area contributed by atoms with E-state index in [4.69, 9.17) is 5.26 Å². The van der Waals surface area contributed by atoms with Gasteiger partial charge in [-0.3, -0.25) is 4.79 Å². The Labute approximate surface area is 125 Å². The first-order valence-corrected chi connectivity index (χ1v) is 8.55. The van der Waals surface area contributed by atoms with Gasteiger partial charge in [-0.1, -0.05) is 6.92 Å². The van der Waals surface area contributed by atoms with Crippen LogP contribution in [-0.2, 0) is 14.6 Å². The van der Waals surface area contributed by atoms with E-state index in [2.05, 4.69) is 0 Å². The summed E-state index contributed by atoms with van der Waals surface area (Å²) < 4.78 is 24.5. The second kappa shape index (κ2) is 6.37. The van der Waals surface area contributed by atoms with Crippen molar-refractivity contribution in [1.82, 2.24) is 4.90 Å². The maximum absolute atomic E-state index is 12.2. The Kier molecular flexibility index (Phi) is 4.76. The number of hydrogen-bond acceptors (Lipinski definition) is 5. The van der Waals surface area contributed by atoms with E-state index in [1.54, 1.807) is 0 Å². The standard InChI is InChI=1S/C15H18N2O3S/c1-12-11-17(7-6-15(12)18)8-9-21(19,20)14-4-2-13(10-16)3-5-14/h2-5,12H,6-9,11H2,1H3. The first kappa shape index (κ1) is 15.7. The molecule has 0 saturated carbocycles. The average Bonchev–Trinajstić information content (AvgIpc) is 2.48. The number of carbonyl (C=O) groups is 1. The molecule has 0 aliphatic carbocycles. The summed E-state index contributed by atoms with van der Waals surface area (Å²) in [6.07, 6.45) is 0.498. The number of rotatable bonds is 4. The van der Waals surface area contributed by atoms with Crippen LogP contribution >= 0.6 is 0 Å². The second-order valence-electron chi connectivity index (χ2n) is 5.37. The van der Waals surface area contributed by atoms with Crippen molar-refractivity contribution in [2.45, 2.75) is 18.2 Å². The van der Waals surface area contributed by atoms with Crippen LogP contribution in [0.15, 0.2) is 29.2 Å². The first-order valence-electron chi connectivity index (χ1n) is 6.90. The molecule has 0 aromatic heterocycles. The second-order valence-corrected chi connectivity index (χ2v) is 7.48. The Morgan fingerprint density at radius 3 is 2.57 bits per heavy atom. The molecule has 1 unspecified atom stereocenters. The van der Waals surface area contributed by atoms with E-state index in [9.17, 15) is 13.2 Å². The van der Waals surface area contributed by atoms with Crippen LogP contribution in [0.5, 0.6) is 0 Å². The van der Waals surface area contributed by atoms with Gasteiger partial charge in [-0.25, -0.2) is 8.42 Å². The quantitative estimate of drug-likeness (QED) is 0.836. The molecule has 1 atom stereocenters. The maximum Gasteiger partial charge on any atom is 0.179 e. The summed E-state index contributed by atoms with van der Waals surface area (Å²) in [4.78, 5) is 13.7. The fourth-order valence-corrected chi connectivity index (χ4v) is 3.69. The minimum absolute atomic E-state index is 0.0173. The molecule has 5 nitrogen and oxygen atoms in total. The summed E-state index contributed by atoms with van der Waals surface area (Å²) in [5, 5.41) is 8.72. The number of carbonyl (C=O) groups excluding carboxylic acids is 1. The molecule has 0 radical (unpaired) electrons. The number of piperidine rings is 1. The molecule has 1 aromatic carbocycles. The van der Waals surface area contributed by atoms with Gasteiger partial charge in [-0.2, -0.15) is 5.26 Å². The van der Waals surface area contributed by atoms with Crippen LogP contribution in [0.4, 0.5) is 0 Å². The Balaban J connectivity index is 1.98. The summed E-state index contributed by atoms with van der Waals surface area (Å²) in [6.45, 7) is 3.57. The van der Waals surface area contributed by atoms with E-state index in [0.29, 0.717) is 31.6 Å². The molecule has 0 bridgehead atoms. The van der Waals surface area contributed by atoms with E-state index in [-0.39, 0.29) is 22.3 Å². The molecule has 0 amide bonds. The number of nitriles is 1. The molecule has 0 N–H and O–H groups in total. The van der Waals surface area contributed by atoms with Crippen molar-refractivity contribution in [1.29, 1.82) is 5.26 Å². The first-order chi connectivity index (χ1) is 9.92. The smallest absolute Gasteiger partial charge is 0.179 e. The lowest BCUT2D eigenvalue weighted by Gasteiger charge is -2.29. The lowest BCUT2D eigenvalue weighted by Crippen LogP contribution is -2.41. The van der Waals surface area contributed by atoms with Crippen molar-refractivity contribution in [2.24, 2.45) is 5.92 Å². The van der Waals surface area contributed by atoms with Crippen LogP contribution in [0, 0.1) is 17.2 Å². The minimum Gasteiger partial charge on any atom is -0.301 e. The molecule has 0 spiro atoms. The van der Waals surface area contributed by atoms with Gasteiger partial charge in [0.1, 0.15) is 5.78 Å². The van der Waals surface area contributed by atoms with Gasteiger partial charge in [-0.05, 0) is 24.3 Å². The largest absolute Gasteiger partial charge is 0.301 e. The van der Waals surface area contributed by atoms with Crippen LogP contribution in [0.3, 0.4) is 0 Å². The van der Waals surface area contributed by atoms with Gasteiger partial charge in [-0.15, -0.1) is 0 Å². The number of likely N-dealkylation sites (tertiary alicyclic amines) is 1. The zero-order valence-corrected chi connectivity index (χ0v) is 12.8. The summed E-state index contributed by atoms with van der Waals surface area (Å²) in [5.74, 6) is 0.261. The zero-order valence-electron chi connectivity index (χ0n) is 11.9. The van der Waals surface area contributed by atoms with Crippen LogP contribution < -0.4 is 0 Å². The Hall–Kier alpha value is -1.71. The van der Waals surface area contributed by atoms with Crippen molar-refractivity contribution in [3.05, 3.63) is 29.8 Å². The highest BCUT2D eigenvalue weighted by Crippen LogP contribution is 2.15. The van der Waals surface area contributed by atoms with Crippen molar-refractivity contribution < 1.29 is 13.2 Å². The lowest BCUT2D eigenvalue weighted by molar-refractivity contribution is -0.125. The van der Waals surface area contributed by atoms with E-state index in [1.165, 1.54) is 24.3 Å².